The summed E-state index contributed by atoms with van der Waals surface area (Å²) in [7, 11) is -4.26. The third kappa shape index (κ3) is 7.15. The molecule has 0 aliphatic carbocycles. The largest absolute Gasteiger partial charge is 0.343 e. The first kappa shape index (κ1) is 29.4. The number of carbonyl (C=O) groups is 3. The Kier molecular flexibility index (Phi) is 9.14. The highest BCUT2D eigenvalue weighted by Gasteiger charge is 2.33. The summed E-state index contributed by atoms with van der Waals surface area (Å²) in [5.41, 5.74) is 1.17. The Morgan fingerprint density at radius 2 is 1.51 bits per heavy atom. The third-order valence-electron chi connectivity index (χ3n) is 6.69. The van der Waals surface area contributed by atoms with Crippen LogP contribution in [0.2, 0.25) is 0 Å². The zero-order valence-corrected chi connectivity index (χ0v) is 23.5. The van der Waals surface area contributed by atoms with Crippen LogP contribution in [-0.2, 0) is 26.0 Å². The second-order valence-corrected chi connectivity index (χ2v) is 11.1. The number of fused-ring (bicyclic) bond motifs is 1. The minimum atomic E-state index is -4.26. The standard InChI is InChI=1S/C31H30FN3O5S/c1-3-35(4-2)31(38)28(30(37)34-41(39,40)27-17-14-22-8-5-6-9-23(22)20-27)18-21-12-15-26(16-13-21)33-29(36)24-10-7-11-25(32)19-24/h5-17,19-20,28H,3-4,18H2,1-2H3,(H,33,36)(H,34,37)/t28-/m1/s1. The van der Waals surface area contributed by atoms with Crippen molar-refractivity contribution in [1.29, 1.82) is 0 Å². The number of halogens is 1. The number of sulfonamides is 1. The van der Waals surface area contributed by atoms with Gasteiger partial charge in [0.25, 0.3) is 15.9 Å². The Hall–Kier alpha value is -4.57. The number of benzene rings is 4. The average Bonchev–Trinajstić information content (AvgIpc) is 2.96. The molecule has 41 heavy (non-hydrogen) atoms. The van der Waals surface area contributed by atoms with Gasteiger partial charge in [-0.05, 0) is 79.1 Å². The summed E-state index contributed by atoms with van der Waals surface area (Å²) >= 11 is 0. The van der Waals surface area contributed by atoms with Crippen LogP contribution in [-0.4, -0.2) is 44.1 Å². The number of carbonyl (C=O) groups excluding carboxylic acids is 3. The van der Waals surface area contributed by atoms with Crippen LogP contribution in [0.3, 0.4) is 0 Å². The van der Waals surface area contributed by atoms with Gasteiger partial charge in [0, 0.05) is 24.3 Å². The molecule has 0 saturated carbocycles. The van der Waals surface area contributed by atoms with Gasteiger partial charge in [0.1, 0.15) is 11.7 Å². The van der Waals surface area contributed by atoms with Crippen LogP contribution in [0.15, 0.2) is 95.9 Å². The molecule has 0 aliphatic rings. The molecular weight excluding hydrogens is 545 g/mol. The van der Waals surface area contributed by atoms with Crippen molar-refractivity contribution in [3.05, 3.63) is 108 Å². The predicted octanol–water partition coefficient (Wildman–Crippen LogP) is 4.76. The van der Waals surface area contributed by atoms with Gasteiger partial charge < -0.3 is 10.2 Å². The van der Waals surface area contributed by atoms with E-state index >= 15 is 0 Å². The molecule has 2 N–H and O–H groups in total. The fourth-order valence-corrected chi connectivity index (χ4v) is 5.49. The molecule has 0 spiro atoms. The highest BCUT2D eigenvalue weighted by Crippen LogP contribution is 2.21. The number of hydrogen-bond donors (Lipinski definition) is 2. The van der Waals surface area contributed by atoms with Crippen LogP contribution in [0.5, 0.6) is 0 Å². The Labute approximate surface area is 238 Å². The Morgan fingerprint density at radius 3 is 2.17 bits per heavy atom. The fraction of sp³-hybridized carbons (Fsp3) is 0.194. The van der Waals surface area contributed by atoms with Gasteiger partial charge in [-0.25, -0.2) is 17.5 Å². The highest BCUT2D eigenvalue weighted by atomic mass is 32.2. The molecule has 212 valence electrons. The van der Waals surface area contributed by atoms with Crippen molar-refractivity contribution >= 4 is 44.2 Å². The molecule has 4 aromatic rings. The molecule has 0 bridgehead atoms. The summed E-state index contributed by atoms with van der Waals surface area (Å²) in [5.74, 6) is -3.76. The van der Waals surface area contributed by atoms with E-state index in [-0.39, 0.29) is 16.9 Å². The first-order valence-corrected chi connectivity index (χ1v) is 14.6. The summed E-state index contributed by atoms with van der Waals surface area (Å²) in [6, 6.07) is 23.5. The van der Waals surface area contributed by atoms with Gasteiger partial charge in [0.2, 0.25) is 11.8 Å². The normalized spacial score (nSPS) is 12.0. The first-order valence-electron chi connectivity index (χ1n) is 13.1. The van der Waals surface area contributed by atoms with E-state index in [9.17, 15) is 27.2 Å². The maximum absolute atomic E-state index is 13.5. The Morgan fingerprint density at radius 1 is 0.829 bits per heavy atom. The summed E-state index contributed by atoms with van der Waals surface area (Å²) in [5, 5.41) is 4.22. The molecule has 0 fully saturated rings. The topological polar surface area (TPSA) is 113 Å². The molecule has 0 heterocycles. The van der Waals surface area contributed by atoms with Crippen molar-refractivity contribution in [1.82, 2.24) is 9.62 Å². The van der Waals surface area contributed by atoms with E-state index in [0.717, 1.165) is 11.5 Å². The van der Waals surface area contributed by atoms with Crippen LogP contribution < -0.4 is 10.0 Å². The molecule has 0 aromatic heterocycles. The van der Waals surface area contributed by atoms with Gasteiger partial charge in [0.05, 0.1) is 4.90 Å². The number of anilines is 1. The van der Waals surface area contributed by atoms with Gasteiger partial charge in [-0.1, -0.05) is 48.5 Å². The lowest BCUT2D eigenvalue weighted by atomic mass is 9.97. The lowest BCUT2D eigenvalue weighted by molar-refractivity contribution is -0.141. The van der Waals surface area contributed by atoms with E-state index in [1.165, 1.54) is 35.2 Å². The van der Waals surface area contributed by atoms with Crippen LogP contribution in [0.4, 0.5) is 10.1 Å². The quantitative estimate of drug-likeness (QED) is 0.265. The Bertz CT molecular complexity index is 1690. The second-order valence-electron chi connectivity index (χ2n) is 9.41. The van der Waals surface area contributed by atoms with Gasteiger partial charge >= 0.3 is 0 Å². The van der Waals surface area contributed by atoms with Gasteiger partial charge in [-0.3, -0.25) is 14.4 Å². The molecule has 4 rings (SSSR count). The first-order chi connectivity index (χ1) is 19.6. The smallest absolute Gasteiger partial charge is 0.264 e. The molecule has 0 unspecified atom stereocenters. The average molecular weight is 576 g/mol. The maximum atomic E-state index is 13.5. The molecule has 1 atom stereocenters. The lowest BCUT2D eigenvalue weighted by Crippen LogP contribution is -2.46. The number of nitrogens with one attached hydrogen (secondary N) is 2. The van der Waals surface area contributed by atoms with E-state index in [1.54, 1.807) is 56.3 Å². The van der Waals surface area contributed by atoms with Gasteiger partial charge in [-0.2, -0.15) is 0 Å². The molecule has 10 heteroatoms. The molecule has 0 radical (unpaired) electrons. The van der Waals surface area contributed by atoms with Crippen molar-refractivity contribution in [3.8, 4) is 0 Å². The summed E-state index contributed by atoms with van der Waals surface area (Å²) in [6.07, 6.45) is -0.0630. The molecular formula is C31H30FN3O5S. The van der Waals surface area contributed by atoms with Crippen LogP contribution >= 0.6 is 0 Å². The van der Waals surface area contributed by atoms with E-state index in [1.807, 2.05) is 12.1 Å². The third-order valence-corrected chi connectivity index (χ3v) is 8.04. The minimum Gasteiger partial charge on any atom is -0.343 e. The molecule has 3 amide bonds. The van der Waals surface area contributed by atoms with Crippen molar-refractivity contribution < 1.29 is 27.2 Å². The van der Waals surface area contributed by atoms with Crippen LogP contribution in [0.1, 0.15) is 29.8 Å². The maximum Gasteiger partial charge on any atom is 0.264 e. The number of rotatable bonds is 10. The number of amides is 3. The van der Waals surface area contributed by atoms with Crippen molar-refractivity contribution in [2.75, 3.05) is 18.4 Å². The molecule has 0 saturated heterocycles. The van der Waals surface area contributed by atoms with Crippen molar-refractivity contribution in [2.24, 2.45) is 5.92 Å². The number of nitrogens with zero attached hydrogens (tertiary/aromatic N) is 1. The van der Waals surface area contributed by atoms with E-state index in [0.29, 0.717) is 29.7 Å². The summed E-state index contributed by atoms with van der Waals surface area (Å²) < 4.78 is 41.8. The summed E-state index contributed by atoms with van der Waals surface area (Å²) in [6.45, 7) is 4.25. The predicted molar refractivity (Wildman–Crippen MR) is 155 cm³/mol. The van der Waals surface area contributed by atoms with E-state index < -0.39 is 39.5 Å². The van der Waals surface area contributed by atoms with E-state index in [2.05, 4.69) is 10.0 Å². The fourth-order valence-electron chi connectivity index (χ4n) is 4.44. The van der Waals surface area contributed by atoms with E-state index in [4.69, 9.17) is 0 Å². The van der Waals surface area contributed by atoms with Crippen molar-refractivity contribution in [2.45, 2.75) is 25.2 Å². The number of hydrogen-bond acceptors (Lipinski definition) is 5. The van der Waals surface area contributed by atoms with Gasteiger partial charge in [0.15, 0.2) is 0 Å². The summed E-state index contributed by atoms with van der Waals surface area (Å²) in [4.78, 5) is 40.5. The zero-order valence-electron chi connectivity index (χ0n) is 22.6. The SMILES string of the molecule is CCN(CC)C(=O)[C@H](Cc1ccc(NC(=O)c2cccc(F)c2)cc1)C(=O)NS(=O)(=O)c1ccc2ccccc2c1. The van der Waals surface area contributed by atoms with Gasteiger partial charge in [-0.15, -0.1) is 0 Å². The minimum absolute atomic E-state index is 0.0630. The second kappa shape index (κ2) is 12.7. The van der Waals surface area contributed by atoms with Crippen LogP contribution in [0.25, 0.3) is 10.8 Å². The monoisotopic (exact) mass is 575 g/mol. The highest BCUT2D eigenvalue weighted by molar-refractivity contribution is 7.90. The lowest BCUT2D eigenvalue weighted by Gasteiger charge is -2.25. The van der Waals surface area contributed by atoms with Crippen molar-refractivity contribution in [3.63, 3.8) is 0 Å². The zero-order chi connectivity index (χ0) is 29.6. The molecule has 8 nitrogen and oxygen atoms in total. The molecule has 4 aromatic carbocycles. The molecule has 0 aliphatic heterocycles. The Balaban J connectivity index is 1.53. The van der Waals surface area contributed by atoms with Crippen LogP contribution in [0, 0.1) is 11.7 Å².